The maximum atomic E-state index is 6.26. The molecule has 1 atom stereocenters. The van der Waals surface area contributed by atoms with Gasteiger partial charge in [0.2, 0.25) is 0 Å². The van der Waals surface area contributed by atoms with Gasteiger partial charge in [-0.2, -0.15) is 0 Å². The average molecular weight is 322 g/mol. The van der Waals surface area contributed by atoms with Gasteiger partial charge in [0.05, 0.1) is 0 Å². The van der Waals surface area contributed by atoms with Crippen LogP contribution in [0.3, 0.4) is 0 Å². The van der Waals surface area contributed by atoms with E-state index in [1.54, 1.807) is 6.07 Å². The molecule has 21 heavy (non-hydrogen) atoms. The van der Waals surface area contributed by atoms with Crippen LogP contribution in [0, 0.1) is 0 Å². The fraction of sp³-hybridized carbons (Fsp3) is 0.333. The molecule has 0 aliphatic rings. The second kappa shape index (κ2) is 7.31. The second-order valence-electron chi connectivity index (χ2n) is 5.69. The molecule has 2 N–H and O–H groups in total. The summed E-state index contributed by atoms with van der Waals surface area (Å²) in [5.74, 6) is 0.811. The number of nitrogens with two attached hydrogens (primary N) is 1. The summed E-state index contributed by atoms with van der Waals surface area (Å²) < 4.78 is 0. The first kappa shape index (κ1) is 16.4. The van der Waals surface area contributed by atoms with Crippen LogP contribution in [-0.4, -0.2) is 6.54 Å². The molecular formula is C18H21Cl2N. The zero-order valence-electron chi connectivity index (χ0n) is 12.4. The molecule has 0 saturated carbocycles. The highest BCUT2D eigenvalue weighted by Crippen LogP contribution is 2.27. The van der Waals surface area contributed by atoms with Crippen molar-refractivity contribution in [2.24, 2.45) is 5.73 Å². The number of hydrogen-bond acceptors (Lipinski definition) is 1. The van der Waals surface area contributed by atoms with Gasteiger partial charge in [-0.05, 0) is 47.7 Å². The van der Waals surface area contributed by atoms with E-state index in [1.165, 1.54) is 11.1 Å². The zero-order valence-corrected chi connectivity index (χ0v) is 14.0. The van der Waals surface area contributed by atoms with Crippen molar-refractivity contribution < 1.29 is 0 Å². The Hall–Kier alpha value is -1.02. The summed E-state index contributed by atoms with van der Waals surface area (Å²) in [6, 6.07) is 14.4. The fourth-order valence-corrected chi connectivity index (χ4v) is 2.93. The van der Waals surface area contributed by atoms with E-state index in [4.69, 9.17) is 28.9 Å². The van der Waals surface area contributed by atoms with E-state index in [2.05, 4.69) is 38.1 Å². The Morgan fingerprint density at radius 3 is 2.10 bits per heavy atom. The molecule has 0 aliphatic heterocycles. The maximum absolute atomic E-state index is 6.26. The lowest BCUT2D eigenvalue weighted by Gasteiger charge is -2.17. The minimum atomic E-state index is 0.268. The number of rotatable bonds is 5. The number of halogens is 2. The molecule has 2 rings (SSSR count). The normalized spacial score (nSPS) is 12.7. The van der Waals surface area contributed by atoms with Crippen LogP contribution in [0.15, 0.2) is 42.5 Å². The molecule has 0 fully saturated rings. The zero-order chi connectivity index (χ0) is 15.4. The Kier molecular flexibility index (Phi) is 5.69. The highest BCUT2D eigenvalue weighted by molar-refractivity contribution is 6.35. The summed E-state index contributed by atoms with van der Waals surface area (Å²) in [6.07, 6.45) is 0.827. The van der Waals surface area contributed by atoms with Crippen LogP contribution >= 0.6 is 23.2 Å². The molecule has 2 aromatic carbocycles. The van der Waals surface area contributed by atoms with E-state index in [1.807, 2.05) is 12.1 Å². The van der Waals surface area contributed by atoms with Crippen molar-refractivity contribution in [3.05, 3.63) is 69.2 Å². The van der Waals surface area contributed by atoms with Gasteiger partial charge in [0, 0.05) is 16.0 Å². The molecule has 0 heterocycles. The monoisotopic (exact) mass is 321 g/mol. The molecule has 0 amide bonds. The van der Waals surface area contributed by atoms with Crippen molar-refractivity contribution in [1.82, 2.24) is 0 Å². The van der Waals surface area contributed by atoms with Crippen molar-refractivity contribution in [2.45, 2.75) is 32.1 Å². The van der Waals surface area contributed by atoms with E-state index in [0.29, 0.717) is 22.5 Å². The topological polar surface area (TPSA) is 26.0 Å². The van der Waals surface area contributed by atoms with Crippen LogP contribution in [0.4, 0.5) is 0 Å². The minimum absolute atomic E-state index is 0.268. The fourth-order valence-electron chi connectivity index (χ4n) is 2.44. The van der Waals surface area contributed by atoms with Crippen LogP contribution < -0.4 is 5.73 Å². The van der Waals surface area contributed by atoms with Gasteiger partial charge in [-0.25, -0.2) is 0 Å². The van der Waals surface area contributed by atoms with E-state index in [9.17, 15) is 0 Å². The Morgan fingerprint density at radius 1 is 0.952 bits per heavy atom. The first-order valence-corrected chi connectivity index (χ1v) is 8.00. The van der Waals surface area contributed by atoms with Gasteiger partial charge in [-0.1, -0.05) is 67.4 Å². The summed E-state index contributed by atoms with van der Waals surface area (Å²) in [6.45, 7) is 4.99. The third-order valence-electron chi connectivity index (χ3n) is 3.84. The minimum Gasteiger partial charge on any atom is -0.330 e. The summed E-state index contributed by atoms with van der Waals surface area (Å²) >= 11 is 12.2. The standard InChI is InChI=1S/C18H21Cl2N/c1-12(2)13-3-5-14(6-4-13)16(11-21)9-15-7-8-17(19)10-18(15)20/h3-8,10,12,16H,9,11,21H2,1-2H3. The van der Waals surface area contributed by atoms with Gasteiger partial charge in [-0.3, -0.25) is 0 Å². The summed E-state index contributed by atoms with van der Waals surface area (Å²) in [5, 5.41) is 1.37. The first-order valence-electron chi connectivity index (χ1n) is 7.25. The van der Waals surface area contributed by atoms with E-state index < -0.39 is 0 Å². The summed E-state index contributed by atoms with van der Waals surface area (Å²) in [5.41, 5.74) is 9.65. The van der Waals surface area contributed by atoms with E-state index in [0.717, 1.165) is 12.0 Å². The number of hydrogen-bond donors (Lipinski definition) is 1. The predicted molar refractivity (Wildman–Crippen MR) is 92.5 cm³/mol. The van der Waals surface area contributed by atoms with Crippen molar-refractivity contribution in [3.63, 3.8) is 0 Å². The summed E-state index contributed by atoms with van der Waals surface area (Å²) in [4.78, 5) is 0. The van der Waals surface area contributed by atoms with Gasteiger partial charge in [0.25, 0.3) is 0 Å². The largest absolute Gasteiger partial charge is 0.330 e. The highest BCUT2D eigenvalue weighted by Gasteiger charge is 2.13. The third kappa shape index (κ3) is 4.23. The molecule has 112 valence electrons. The molecule has 1 unspecified atom stereocenters. The molecule has 0 aromatic heterocycles. The molecule has 0 spiro atoms. The van der Waals surface area contributed by atoms with Crippen LogP contribution in [0.1, 0.15) is 42.4 Å². The van der Waals surface area contributed by atoms with Crippen LogP contribution in [0.2, 0.25) is 10.0 Å². The lowest BCUT2D eigenvalue weighted by atomic mass is 9.90. The number of benzene rings is 2. The maximum Gasteiger partial charge on any atom is 0.0453 e. The van der Waals surface area contributed by atoms with Crippen molar-refractivity contribution in [3.8, 4) is 0 Å². The molecule has 0 saturated heterocycles. The van der Waals surface area contributed by atoms with Gasteiger partial charge in [0.15, 0.2) is 0 Å². The van der Waals surface area contributed by atoms with Crippen LogP contribution in [0.25, 0.3) is 0 Å². The smallest absolute Gasteiger partial charge is 0.0453 e. The van der Waals surface area contributed by atoms with Crippen molar-refractivity contribution in [1.29, 1.82) is 0 Å². The molecule has 1 nitrogen and oxygen atoms in total. The Balaban J connectivity index is 2.19. The lowest BCUT2D eigenvalue weighted by Crippen LogP contribution is -2.15. The van der Waals surface area contributed by atoms with E-state index >= 15 is 0 Å². The molecule has 2 aromatic rings. The molecular weight excluding hydrogens is 301 g/mol. The molecule has 3 heteroatoms. The molecule has 0 bridgehead atoms. The second-order valence-corrected chi connectivity index (χ2v) is 6.54. The van der Waals surface area contributed by atoms with Gasteiger partial charge in [-0.15, -0.1) is 0 Å². The predicted octanol–water partition coefficient (Wildman–Crippen LogP) is 5.40. The summed E-state index contributed by atoms with van der Waals surface area (Å²) in [7, 11) is 0. The van der Waals surface area contributed by atoms with Gasteiger partial charge in [0.1, 0.15) is 0 Å². The van der Waals surface area contributed by atoms with E-state index in [-0.39, 0.29) is 5.92 Å². The third-order valence-corrected chi connectivity index (χ3v) is 4.43. The lowest BCUT2D eigenvalue weighted by molar-refractivity contribution is 0.693. The van der Waals surface area contributed by atoms with Crippen LogP contribution in [-0.2, 0) is 6.42 Å². The highest BCUT2D eigenvalue weighted by atomic mass is 35.5. The van der Waals surface area contributed by atoms with Crippen LogP contribution in [0.5, 0.6) is 0 Å². The molecule has 0 aliphatic carbocycles. The average Bonchev–Trinajstić information content (AvgIpc) is 2.47. The van der Waals surface area contributed by atoms with Gasteiger partial charge >= 0.3 is 0 Å². The molecule has 0 radical (unpaired) electrons. The van der Waals surface area contributed by atoms with Gasteiger partial charge < -0.3 is 5.73 Å². The Bertz CT molecular complexity index is 591. The van der Waals surface area contributed by atoms with Crippen molar-refractivity contribution in [2.75, 3.05) is 6.54 Å². The quantitative estimate of drug-likeness (QED) is 0.783. The first-order chi connectivity index (χ1) is 10.0. The Labute approximate surface area is 137 Å². The SMILES string of the molecule is CC(C)c1ccc(C(CN)Cc2ccc(Cl)cc2Cl)cc1. The Morgan fingerprint density at radius 2 is 1.57 bits per heavy atom. The van der Waals surface area contributed by atoms with Crippen molar-refractivity contribution >= 4 is 23.2 Å².